The number of hydrogen-bond acceptors (Lipinski definition) is 3. The van der Waals surface area contributed by atoms with Gasteiger partial charge in [0.15, 0.2) is 0 Å². The molecule has 0 spiro atoms. The molecule has 17 heavy (non-hydrogen) atoms. The van der Waals surface area contributed by atoms with E-state index in [9.17, 15) is 0 Å². The van der Waals surface area contributed by atoms with Crippen molar-refractivity contribution < 1.29 is 0 Å². The lowest BCUT2D eigenvalue weighted by atomic mass is 10.1. The van der Waals surface area contributed by atoms with Gasteiger partial charge in [-0.15, -0.1) is 0 Å². The number of anilines is 2. The molecule has 1 atom stereocenters. The molecule has 0 aliphatic heterocycles. The Kier molecular flexibility index (Phi) is 5.67. The number of nitrogen functional groups attached to an aromatic ring is 1. The summed E-state index contributed by atoms with van der Waals surface area (Å²) in [6.45, 7) is 4.31. The Balaban J connectivity index is 2.88. The van der Waals surface area contributed by atoms with Crippen LogP contribution in [0, 0.1) is 6.92 Å². The van der Waals surface area contributed by atoms with Gasteiger partial charge in [0.2, 0.25) is 0 Å². The van der Waals surface area contributed by atoms with Crippen molar-refractivity contribution in [2.45, 2.75) is 26.3 Å². The molecule has 1 unspecified atom stereocenters. The first kappa shape index (κ1) is 14.7. The highest BCUT2D eigenvalue weighted by Crippen LogP contribution is 2.31. The molecule has 2 nitrogen and oxygen atoms in total. The van der Waals surface area contributed by atoms with Gasteiger partial charge in [0.1, 0.15) is 0 Å². The fraction of sp³-hybridized carbons (Fsp3) is 0.538. The number of thioether (sulfide) groups is 1. The smallest absolute Gasteiger partial charge is 0.0514 e. The van der Waals surface area contributed by atoms with E-state index >= 15 is 0 Å². The molecule has 2 N–H and O–H groups in total. The fourth-order valence-corrected chi connectivity index (χ4v) is 2.89. The van der Waals surface area contributed by atoms with E-state index in [-0.39, 0.29) is 0 Å². The molecule has 1 rings (SSSR count). The van der Waals surface area contributed by atoms with Crippen LogP contribution >= 0.6 is 27.7 Å². The largest absolute Gasteiger partial charge is 0.398 e. The Morgan fingerprint density at radius 2 is 2.12 bits per heavy atom. The van der Waals surface area contributed by atoms with Gasteiger partial charge in [-0.2, -0.15) is 11.8 Å². The zero-order chi connectivity index (χ0) is 13.0. The van der Waals surface area contributed by atoms with Crippen molar-refractivity contribution in [3.8, 4) is 0 Å². The van der Waals surface area contributed by atoms with Crippen LogP contribution in [0.5, 0.6) is 0 Å². The van der Waals surface area contributed by atoms with E-state index < -0.39 is 0 Å². The van der Waals surface area contributed by atoms with Crippen LogP contribution in [0.2, 0.25) is 0 Å². The summed E-state index contributed by atoms with van der Waals surface area (Å²) in [4.78, 5) is 2.31. The third-order valence-electron chi connectivity index (χ3n) is 3.12. The fourth-order valence-electron chi connectivity index (χ4n) is 1.67. The first-order valence-electron chi connectivity index (χ1n) is 5.74. The molecule has 0 saturated carbocycles. The number of nitrogens with zero attached hydrogens (tertiary/aromatic N) is 1. The highest BCUT2D eigenvalue weighted by Gasteiger charge is 2.13. The average molecular weight is 317 g/mol. The lowest BCUT2D eigenvalue weighted by Gasteiger charge is -2.28. The van der Waals surface area contributed by atoms with Crippen molar-refractivity contribution in [3.05, 3.63) is 22.2 Å². The molecule has 0 saturated heterocycles. The molecule has 0 aliphatic rings. The molecule has 0 aromatic heterocycles. The van der Waals surface area contributed by atoms with Gasteiger partial charge in [0.25, 0.3) is 0 Å². The van der Waals surface area contributed by atoms with E-state index in [1.807, 2.05) is 24.8 Å². The minimum Gasteiger partial charge on any atom is -0.398 e. The summed E-state index contributed by atoms with van der Waals surface area (Å²) < 4.78 is 1.07. The maximum absolute atomic E-state index is 5.89. The van der Waals surface area contributed by atoms with E-state index in [1.165, 1.54) is 17.9 Å². The van der Waals surface area contributed by atoms with Crippen LogP contribution in [-0.4, -0.2) is 25.1 Å². The van der Waals surface area contributed by atoms with E-state index in [0.717, 1.165) is 15.7 Å². The SMILES string of the molecule is CSCCC(C)N(C)c1cc(C)c(N)cc1Br. The summed E-state index contributed by atoms with van der Waals surface area (Å²) in [6, 6.07) is 4.67. The summed E-state index contributed by atoms with van der Waals surface area (Å²) in [5.41, 5.74) is 9.08. The van der Waals surface area contributed by atoms with Crippen LogP contribution in [0.3, 0.4) is 0 Å². The standard InChI is InChI=1S/C13H21BrN2S/c1-9-7-13(11(14)8-12(9)15)16(3)10(2)5-6-17-4/h7-8,10H,5-6,15H2,1-4H3. The normalized spacial score (nSPS) is 12.5. The van der Waals surface area contributed by atoms with Gasteiger partial charge in [-0.25, -0.2) is 0 Å². The minimum atomic E-state index is 0.529. The number of benzene rings is 1. The summed E-state index contributed by atoms with van der Waals surface area (Å²) in [5.74, 6) is 1.19. The van der Waals surface area contributed by atoms with Gasteiger partial charge in [0.05, 0.1) is 5.69 Å². The zero-order valence-corrected chi connectivity index (χ0v) is 13.4. The Labute approximate surface area is 117 Å². The Bertz CT molecular complexity index is 382. The van der Waals surface area contributed by atoms with Gasteiger partial charge in [-0.1, -0.05) is 0 Å². The summed E-state index contributed by atoms with van der Waals surface area (Å²) in [6.07, 6.45) is 3.34. The van der Waals surface area contributed by atoms with Crippen LogP contribution < -0.4 is 10.6 Å². The molecular formula is C13H21BrN2S. The lowest BCUT2D eigenvalue weighted by molar-refractivity contribution is 0.668. The third kappa shape index (κ3) is 3.81. The maximum atomic E-state index is 5.89. The second kappa shape index (κ2) is 6.55. The van der Waals surface area contributed by atoms with E-state index in [2.05, 4.69) is 47.1 Å². The second-order valence-corrected chi connectivity index (χ2v) is 6.24. The van der Waals surface area contributed by atoms with Crippen molar-refractivity contribution in [1.29, 1.82) is 0 Å². The van der Waals surface area contributed by atoms with Crippen molar-refractivity contribution in [2.75, 3.05) is 29.7 Å². The first-order chi connectivity index (χ1) is 7.97. The van der Waals surface area contributed by atoms with E-state index in [4.69, 9.17) is 5.73 Å². The molecule has 4 heteroatoms. The van der Waals surface area contributed by atoms with Crippen molar-refractivity contribution in [1.82, 2.24) is 0 Å². The number of hydrogen-bond donors (Lipinski definition) is 1. The molecule has 1 aromatic rings. The molecule has 0 fully saturated rings. The van der Waals surface area contributed by atoms with Crippen molar-refractivity contribution in [3.63, 3.8) is 0 Å². The Morgan fingerprint density at radius 1 is 1.47 bits per heavy atom. The second-order valence-electron chi connectivity index (χ2n) is 4.40. The molecule has 0 bridgehead atoms. The number of nitrogens with two attached hydrogens (primary N) is 1. The highest BCUT2D eigenvalue weighted by atomic mass is 79.9. The van der Waals surface area contributed by atoms with E-state index in [0.29, 0.717) is 6.04 Å². The predicted molar refractivity (Wildman–Crippen MR) is 84.2 cm³/mol. The van der Waals surface area contributed by atoms with Gasteiger partial charge < -0.3 is 10.6 Å². The monoisotopic (exact) mass is 316 g/mol. The van der Waals surface area contributed by atoms with Crippen molar-refractivity contribution >= 4 is 39.1 Å². The predicted octanol–water partition coefficient (Wildman–Crippen LogP) is 3.92. The van der Waals surface area contributed by atoms with Gasteiger partial charge >= 0.3 is 0 Å². The van der Waals surface area contributed by atoms with Crippen LogP contribution in [0.15, 0.2) is 16.6 Å². The van der Waals surface area contributed by atoms with Crippen LogP contribution in [0.1, 0.15) is 18.9 Å². The molecule has 0 heterocycles. The Morgan fingerprint density at radius 3 is 2.71 bits per heavy atom. The van der Waals surface area contributed by atoms with Crippen LogP contribution in [0.4, 0.5) is 11.4 Å². The number of halogens is 1. The summed E-state index contributed by atoms with van der Waals surface area (Å²) >= 11 is 5.49. The molecule has 0 amide bonds. The van der Waals surface area contributed by atoms with Crippen molar-refractivity contribution in [2.24, 2.45) is 0 Å². The first-order valence-corrected chi connectivity index (χ1v) is 7.93. The maximum Gasteiger partial charge on any atom is 0.0514 e. The highest BCUT2D eigenvalue weighted by molar-refractivity contribution is 9.10. The average Bonchev–Trinajstić information content (AvgIpc) is 2.29. The third-order valence-corrected chi connectivity index (χ3v) is 4.40. The number of aryl methyl sites for hydroxylation is 1. The molecular weight excluding hydrogens is 296 g/mol. The molecule has 0 aliphatic carbocycles. The van der Waals surface area contributed by atoms with E-state index in [1.54, 1.807) is 0 Å². The number of rotatable bonds is 5. The molecule has 0 radical (unpaired) electrons. The minimum absolute atomic E-state index is 0.529. The van der Waals surface area contributed by atoms with Crippen LogP contribution in [-0.2, 0) is 0 Å². The van der Waals surface area contributed by atoms with Crippen LogP contribution in [0.25, 0.3) is 0 Å². The molecule has 1 aromatic carbocycles. The zero-order valence-electron chi connectivity index (χ0n) is 11.0. The summed E-state index contributed by atoms with van der Waals surface area (Å²) in [5, 5.41) is 0. The molecule has 96 valence electrons. The quantitative estimate of drug-likeness (QED) is 0.835. The summed E-state index contributed by atoms with van der Waals surface area (Å²) in [7, 11) is 2.14. The van der Waals surface area contributed by atoms with Gasteiger partial charge in [-0.3, -0.25) is 0 Å². The Hall–Kier alpha value is -0.350. The van der Waals surface area contributed by atoms with Gasteiger partial charge in [-0.05, 0) is 65.9 Å². The lowest BCUT2D eigenvalue weighted by Crippen LogP contribution is -2.29. The van der Waals surface area contributed by atoms with Gasteiger partial charge in [0, 0.05) is 23.2 Å². The topological polar surface area (TPSA) is 29.3 Å².